The maximum absolute atomic E-state index is 9.15. The topological polar surface area (TPSA) is 56.4 Å². The third-order valence-electron chi connectivity index (χ3n) is 1.64. The van der Waals surface area contributed by atoms with Crippen LogP contribution in [0.1, 0.15) is 18.1 Å². The maximum Gasteiger partial charge on any atom is 0.116 e. The molecule has 0 amide bonds. The molecule has 68 valence electrons. The third kappa shape index (κ3) is 2.40. The largest absolute Gasteiger partial charge is 0.508 e. The van der Waals surface area contributed by atoms with Crippen molar-refractivity contribution in [2.24, 2.45) is 4.99 Å². The molecule has 0 heterocycles. The summed E-state index contributed by atoms with van der Waals surface area (Å²) < 4.78 is 0. The first-order valence-electron chi connectivity index (χ1n) is 4.11. The quantitative estimate of drug-likeness (QED) is 0.678. The van der Waals surface area contributed by atoms with Crippen molar-refractivity contribution in [2.75, 3.05) is 6.54 Å². The third-order valence-corrected chi connectivity index (χ3v) is 1.64. The van der Waals surface area contributed by atoms with Gasteiger partial charge < -0.3 is 10.5 Å². The number of nitrogens with one attached hydrogen (secondary N) is 1. The van der Waals surface area contributed by atoms with E-state index in [1.807, 2.05) is 6.92 Å². The van der Waals surface area contributed by atoms with Crippen LogP contribution < -0.4 is 0 Å². The molecule has 3 nitrogen and oxygen atoms in total. The molecule has 1 aromatic rings. The Kier molecular flexibility index (Phi) is 3.20. The molecule has 0 aliphatic rings. The lowest BCUT2D eigenvalue weighted by molar-refractivity contribution is 0.475. The van der Waals surface area contributed by atoms with E-state index in [2.05, 4.69) is 4.99 Å². The summed E-state index contributed by atoms with van der Waals surface area (Å²) >= 11 is 0. The van der Waals surface area contributed by atoms with E-state index >= 15 is 0 Å². The Bertz CT molecular complexity index is 332. The molecular formula is C10H12N2O. The van der Waals surface area contributed by atoms with E-state index in [1.165, 1.54) is 6.21 Å². The van der Waals surface area contributed by atoms with Crippen molar-refractivity contribution in [1.82, 2.24) is 0 Å². The fourth-order valence-corrected chi connectivity index (χ4v) is 0.994. The molecule has 1 rings (SSSR count). The summed E-state index contributed by atoms with van der Waals surface area (Å²) in [6.07, 6.45) is 2.91. The van der Waals surface area contributed by atoms with Crippen molar-refractivity contribution in [2.45, 2.75) is 6.92 Å². The van der Waals surface area contributed by atoms with E-state index in [1.54, 1.807) is 24.4 Å². The first-order chi connectivity index (χ1) is 6.27. The number of phenolic OH excluding ortho intramolecular Hbond substituents is 1. The van der Waals surface area contributed by atoms with Gasteiger partial charge in [0, 0.05) is 30.1 Å². The molecule has 0 saturated heterocycles. The van der Waals surface area contributed by atoms with Gasteiger partial charge in [-0.05, 0) is 25.1 Å². The van der Waals surface area contributed by atoms with Gasteiger partial charge in [0.2, 0.25) is 0 Å². The van der Waals surface area contributed by atoms with Crippen LogP contribution in [0.25, 0.3) is 0 Å². The van der Waals surface area contributed by atoms with Gasteiger partial charge in [-0.1, -0.05) is 0 Å². The lowest BCUT2D eigenvalue weighted by Crippen LogP contribution is -1.90. The normalized spacial score (nSPS) is 10.5. The summed E-state index contributed by atoms with van der Waals surface area (Å²) in [6, 6.07) is 4.88. The van der Waals surface area contributed by atoms with Crippen LogP contribution in [0.4, 0.5) is 0 Å². The number of rotatable bonds is 3. The molecule has 0 spiro atoms. The van der Waals surface area contributed by atoms with Crippen molar-refractivity contribution < 1.29 is 5.11 Å². The Hall–Kier alpha value is -1.64. The standard InChI is InChI=1S/C10H12N2O/c1-2-12-7-8-3-4-10(13)5-9(8)6-11/h3-7,11,13H,2H2,1H3. The first kappa shape index (κ1) is 9.45. The number of nitrogens with zero attached hydrogens (tertiary/aromatic N) is 1. The predicted octanol–water partition coefficient (Wildman–Crippen LogP) is 1.83. The second kappa shape index (κ2) is 4.40. The zero-order valence-corrected chi connectivity index (χ0v) is 7.49. The highest BCUT2D eigenvalue weighted by Gasteiger charge is 1.97. The van der Waals surface area contributed by atoms with E-state index in [0.29, 0.717) is 5.56 Å². The predicted molar refractivity (Wildman–Crippen MR) is 54.1 cm³/mol. The molecule has 0 saturated carbocycles. The molecule has 0 aromatic heterocycles. The van der Waals surface area contributed by atoms with Gasteiger partial charge in [-0.15, -0.1) is 0 Å². The summed E-state index contributed by atoms with van der Waals surface area (Å²) in [7, 11) is 0. The van der Waals surface area contributed by atoms with Crippen LogP contribution >= 0.6 is 0 Å². The first-order valence-corrected chi connectivity index (χ1v) is 4.11. The highest BCUT2D eigenvalue weighted by molar-refractivity contribution is 5.93. The van der Waals surface area contributed by atoms with E-state index < -0.39 is 0 Å². The number of phenols is 1. The van der Waals surface area contributed by atoms with Crippen LogP contribution in [-0.2, 0) is 0 Å². The fraction of sp³-hybridized carbons (Fsp3) is 0.200. The van der Waals surface area contributed by atoms with Gasteiger partial charge in [0.15, 0.2) is 0 Å². The Balaban J connectivity index is 3.06. The summed E-state index contributed by atoms with van der Waals surface area (Å²) in [5.41, 5.74) is 1.53. The number of hydrogen-bond acceptors (Lipinski definition) is 3. The monoisotopic (exact) mass is 176 g/mol. The molecule has 0 unspecified atom stereocenters. The van der Waals surface area contributed by atoms with Gasteiger partial charge in [-0.2, -0.15) is 0 Å². The summed E-state index contributed by atoms with van der Waals surface area (Å²) in [5.74, 6) is 0.173. The average Bonchev–Trinajstić information content (AvgIpc) is 2.16. The van der Waals surface area contributed by atoms with E-state index in [0.717, 1.165) is 12.1 Å². The highest BCUT2D eigenvalue weighted by Crippen LogP contribution is 2.13. The van der Waals surface area contributed by atoms with Crippen molar-refractivity contribution in [3.8, 4) is 5.75 Å². The van der Waals surface area contributed by atoms with Gasteiger partial charge >= 0.3 is 0 Å². The molecule has 3 heteroatoms. The minimum atomic E-state index is 0.173. The molecule has 0 fully saturated rings. The lowest BCUT2D eigenvalue weighted by Gasteiger charge is -1.99. The average molecular weight is 176 g/mol. The van der Waals surface area contributed by atoms with E-state index in [-0.39, 0.29) is 5.75 Å². The second-order valence-corrected chi connectivity index (χ2v) is 2.59. The molecule has 0 bridgehead atoms. The molecular weight excluding hydrogens is 164 g/mol. The zero-order chi connectivity index (χ0) is 9.68. The van der Waals surface area contributed by atoms with E-state index in [9.17, 15) is 0 Å². The maximum atomic E-state index is 9.15. The molecule has 1 aromatic carbocycles. The van der Waals surface area contributed by atoms with Crippen LogP contribution in [0.3, 0.4) is 0 Å². The van der Waals surface area contributed by atoms with Crippen LogP contribution in [0, 0.1) is 5.41 Å². The smallest absolute Gasteiger partial charge is 0.116 e. The highest BCUT2D eigenvalue weighted by atomic mass is 16.3. The molecule has 0 aliphatic heterocycles. The van der Waals surface area contributed by atoms with Crippen molar-refractivity contribution in [3.05, 3.63) is 29.3 Å². The molecule has 13 heavy (non-hydrogen) atoms. The van der Waals surface area contributed by atoms with Crippen LogP contribution in [-0.4, -0.2) is 24.1 Å². The Morgan fingerprint density at radius 1 is 1.46 bits per heavy atom. The SMILES string of the molecule is CCN=Cc1ccc(O)cc1C=N. The molecule has 0 atom stereocenters. The number of benzene rings is 1. The second-order valence-electron chi connectivity index (χ2n) is 2.59. The number of aromatic hydroxyl groups is 1. The lowest BCUT2D eigenvalue weighted by atomic mass is 10.1. The fourth-order valence-electron chi connectivity index (χ4n) is 0.994. The Morgan fingerprint density at radius 2 is 2.23 bits per heavy atom. The van der Waals surface area contributed by atoms with Crippen molar-refractivity contribution in [1.29, 1.82) is 5.41 Å². The Morgan fingerprint density at radius 3 is 2.85 bits per heavy atom. The minimum Gasteiger partial charge on any atom is -0.508 e. The van der Waals surface area contributed by atoms with Gasteiger partial charge in [-0.25, -0.2) is 0 Å². The number of aliphatic imine (C=N–C) groups is 1. The van der Waals surface area contributed by atoms with Crippen LogP contribution in [0.5, 0.6) is 5.75 Å². The van der Waals surface area contributed by atoms with Gasteiger partial charge in [0.25, 0.3) is 0 Å². The minimum absolute atomic E-state index is 0.173. The van der Waals surface area contributed by atoms with Crippen molar-refractivity contribution in [3.63, 3.8) is 0 Å². The summed E-state index contributed by atoms with van der Waals surface area (Å²) in [5, 5.41) is 16.3. The van der Waals surface area contributed by atoms with Crippen molar-refractivity contribution >= 4 is 12.4 Å². The van der Waals surface area contributed by atoms with Crippen LogP contribution in [0.15, 0.2) is 23.2 Å². The van der Waals surface area contributed by atoms with Gasteiger partial charge in [0.05, 0.1) is 0 Å². The van der Waals surface area contributed by atoms with E-state index in [4.69, 9.17) is 10.5 Å². The van der Waals surface area contributed by atoms with Gasteiger partial charge in [-0.3, -0.25) is 4.99 Å². The number of hydrogen-bond donors (Lipinski definition) is 2. The molecule has 0 radical (unpaired) electrons. The summed E-state index contributed by atoms with van der Waals surface area (Å²) in [4.78, 5) is 4.07. The molecule has 0 aliphatic carbocycles. The van der Waals surface area contributed by atoms with Crippen LogP contribution in [0.2, 0.25) is 0 Å². The van der Waals surface area contributed by atoms with Gasteiger partial charge in [0.1, 0.15) is 5.75 Å². The zero-order valence-electron chi connectivity index (χ0n) is 7.49. The summed E-state index contributed by atoms with van der Waals surface area (Å²) in [6.45, 7) is 2.67. The Labute approximate surface area is 77.3 Å². The molecule has 2 N–H and O–H groups in total.